The van der Waals surface area contributed by atoms with Crippen LogP contribution in [0, 0.1) is 5.41 Å². The number of nitrogens with zero attached hydrogens (tertiary/aromatic N) is 3. The molecule has 0 aromatic rings. The summed E-state index contributed by atoms with van der Waals surface area (Å²) in [5.41, 5.74) is -0.199. The summed E-state index contributed by atoms with van der Waals surface area (Å²) in [7, 11) is 3.55. The zero-order valence-corrected chi connectivity index (χ0v) is 12.5. The number of carbonyl (C=O) groups is 2. The second-order valence-electron chi connectivity index (χ2n) is 6.41. The Morgan fingerprint density at radius 3 is 2.58 bits per heavy atom. The zero-order chi connectivity index (χ0) is 14.2. The lowest BCUT2D eigenvalue weighted by atomic mass is 9.71. The van der Waals surface area contributed by atoms with Crippen molar-refractivity contribution in [2.24, 2.45) is 5.41 Å². The van der Waals surface area contributed by atoms with E-state index in [0.29, 0.717) is 6.54 Å². The van der Waals surface area contributed by atoms with Crippen LogP contribution >= 0.6 is 0 Å². The van der Waals surface area contributed by atoms with E-state index in [-0.39, 0.29) is 23.3 Å². The van der Waals surface area contributed by atoms with Gasteiger partial charge >= 0.3 is 0 Å². The summed E-state index contributed by atoms with van der Waals surface area (Å²) in [5, 5.41) is 0. The molecule has 2 aliphatic heterocycles. The molecule has 5 nitrogen and oxygen atoms in total. The molecule has 0 aromatic heterocycles. The molecule has 19 heavy (non-hydrogen) atoms. The van der Waals surface area contributed by atoms with E-state index in [4.69, 9.17) is 0 Å². The number of carbonyl (C=O) groups excluding carboxylic acids is 2. The molecule has 2 amide bonds. The Morgan fingerprint density at radius 1 is 1.37 bits per heavy atom. The Bertz CT molecular complexity index is 381. The van der Waals surface area contributed by atoms with E-state index < -0.39 is 0 Å². The van der Waals surface area contributed by atoms with Crippen molar-refractivity contribution in [2.75, 3.05) is 40.3 Å². The van der Waals surface area contributed by atoms with Gasteiger partial charge in [-0.2, -0.15) is 0 Å². The molecule has 0 saturated carbocycles. The SMILES string of the molecule is CC(C)N1C[C@]2(CCCN(CC(=O)N(C)C)C2)C1=O. The van der Waals surface area contributed by atoms with E-state index in [2.05, 4.69) is 18.7 Å². The van der Waals surface area contributed by atoms with Gasteiger partial charge in [-0.3, -0.25) is 14.5 Å². The molecule has 1 atom stereocenters. The first kappa shape index (κ1) is 14.3. The predicted octanol–water partition coefficient (Wildman–Crippen LogP) is 0.407. The lowest BCUT2D eigenvalue weighted by Gasteiger charge is -2.54. The molecule has 1 spiro atoms. The Balaban J connectivity index is 1.95. The van der Waals surface area contributed by atoms with Crippen LogP contribution in [0.1, 0.15) is 26.7 Å². The second kappa shape index (κ2) is 5.12. The van der Waals surface area contributed by atoms with Crippen molar-refractivity contribution < 1.29 is 9.59 Å². The average Bonchev–Trinajstić information content (AvgIpc) is 2.35. The molecular weight excluding hydrogens is 242 g/mol. The van der Waals surface area contributed by atoms with Crippen LogP contribution in [0.3, 0.4) is 0 Å². The topological polar surface area (TPSA) is 43.9 Å². The van der Waals surface area contributed by atoms with Crippen LogP contribution in [0.15, 0.2) is 0 Å². The van der Waals surface area contributed by atoms with E-state index >= 15 is 0 Å². The van der Waals surface area contributed by atoms with Crippen molar-refractivity contribution in [3.8, 4) is 0 Å². The molecule has 0 aromatic carbocycles. The normalized spacial score (nSPS) is 27.8. The summed E-state index contributed by atoms with van der Waals surface area (Å²) >= 11 is 0. The third-order valence-corrected chi connectivity index (χ3v) is 4.32. The number of β-lactam (4-membered cyclic amide) rings is 1. The maximum atomic E-state index is 12.3. The minimum atomic E-state index is -0.199. The third kappa shape index (κ3) is 2.61. The molecule has 2 heterocycles. The van der Waals surface area contributed by atoms with Crippen molar-refractivity contribution in [1.29, 1.82) is 0 Å². The lowest BCUT2D eigenvalue weighted by molar-refractivity contribution is -0.170. The number of amides is 2. The largest absolute Gasteiger partial charge is 0.348 e. The van der Waals surface area contributed by atoms with E-state index in [1.165, 1.54) is 0 Å². The van der Waals surface area contributed by atoms with Gasteiger partial charge in [0.15, 0.2) is 0 Å². The first-order valence-electron chi connectivity index (χ1n) is 7.09. The molecule has 0 bridgehead atoms. The highest BCUT2D eigenvalue weighted by atomic mass is 16.2. The summed E-state index contributed by atoms with van der Waals surface area (Å²) in [4.78, 5) is 29.8. The molecule has 108 valence electrons. The Hall–Kier alpha value is -1.10. The van der Waals surface area contributed by atoms with Crippen LogP contribution in [-0.4, -0.2) is 72.8 Å². The first-order chi connectivity index (χ1) is 8.85. The summed E-state index contributed by atoms with van der Waals surface area (Å²) in [6.07, 6.45) is 1.99. The number of rotatable bonds is 3. The van der Waals surface area contributed by atoms with E-state index in [0.717, 1.165) is 32.5 Å². The van der Waals surface area contributed by atoms with Gasteiger partial charge in [0.1, 0.15) is 0 Å². The lowest BCUT2D eigenvalue weighted by Crippen LogP contribution is -2.68. The van der Waals surface area contributed by atoms with E-state index in [9.17, 15) is 9.59 Å². The second-order valence-corrected chi connectivity index (χ2v) is 6.41. The predicted molar refractivity (Wildman–Crippen MR) is 73.7 cm³/mol. The third-order valence-electron chi connectivity index (χ3n) is 4.32. The van der Waals surface area contributed by atoms with Crippen LogP contribution in [0.2, 0.25) is 0 Å². The Morgan fingerprint density at radius 2 is 2.05 bits per heavy atom. The molecule has 0 radical (unpaired) electrons. The number of likely N-dealkylation sites (tertiary alicyclic amines) is 2. The maximum Gasteiger partial charge on any atom is 0.236 e. The quantitative estimate of drug-likeness (QED) is 0.696. The van der Waals surface area contributed by atoms with Gasteiger partial charge in [-0.25, -0.2) is 0 Å². The van der Waals surface area contributed by atoms with Crippen molar-refractivity contribution in [2.45, 2.75) is 32.7 Å². The van der Waals surface area contributed by atoms with Crippen molar-refractivity contribution >= 4 is 11.8 Å². The fourth-order valence-electron chi connectivity index (χ4n) is 3.09. The smallest absolute Gasteiger partial charge is 0.236 e. The summed E-state index contributed by atoms with van der Waals surface area (Å²) < 4.78 is 0. The van der Waals surface area contributed by atoms with Gasteiger partial charge in [0.2, 0.25) is 11.8 Å². The molecule has 2 rings (SSSR count). The highest BCUT2D eigenvalue weighted by Gasteiger charge is 2.54. The molecule has 2 saturated heterocycles. The number of piperidine rings is 1. The first-order valence-corrected chi connectivity index (χ1v) is 7.09. The van der Waals surface area contributed by atoms with Crippen molar-refractivity contribution in [3.05, 3.63) is 0 Å². The average molecular weight is 267 g/mol. The van der Waals surface area contributed by atoms with Gasteiger partial charge in [0.05, 0.1) is 12.0 Å². The maximum absolute atomic E-state index is 12.3. The minimum Gasteiger partial charge on any atom is -0.348 e. The van der Waals surface area contributed by atoms with Crippen LogP contribution < -0.4 is 0 Å². The molecule has 0 unspecified atom stereocenters. The standard InChI is InChI=1S/C14H25N3O2/c1-11(2)17-10-14(13(17)19)6-5-7-16(9-14)8-12(18)15(3)4/h11H,5-10H2,1-4H3/t14-/m1/s1. The molecular formula is C14H25N3O2. The number of hydrogen-bond acceptors (Lipinski definition) is 3. The van der Waals surface area contributed by atoms with Gasteiger partial charge in [-0.05, 0) is 33.2 Å². The summed E-state index contributed by atoms with van der Waals surface area (Å²) in [6, 6.07) is 0.289. The molecule has 2 aliphatic rings. The monoisotopic (exact) mass is 267 g/mol. The van der Waals surface area contributed by atoms with Gasteiger partial charge in [-0.1, -0.05) is 0 Å². The van der Waals surface area contributed by atoms with Gasteiger partial charge < -0.3 is 9.80 Å². The molecule has 0 N–H and O–H groups in total. The van der Waals surface area contributed by atoms with Crippen molar-refractivity contribution in [3.63, 3.8) is 0 Å². The van der Waals surface area contributed by atoms with Crippen LogP contribution in [0.25, 0.3) is 0 Å². The fraction of sp³-hybridized carbons (Fsp3) is 0.857. The van der Waals surface area contributed by atoms with Crippen LogP contribution in [0.5, 0.6) is 0 Å². The summed E-state index contributed by atoms with van der Waals surface area (Å²) in [5.74, 6) is 0.397. The zero-order valence-electron chi connectivity index (χ0n) is 12.5. The van der Waals surface area contributed by atoms with Gasteiger partial charge in [-0.15, -0.1) is 0 Å². The molecule has 5 heteroatoms. The van der Waals surface area contributed by atoms with Gasteiger partial charge in [0, 0.05) is 33.2 Å². The highest BCUT2D eigenvalue weighted by Crippen LogP contribution is 2.41. The Labute approximate surface area is 115 Å². The van der Waals surface area contributed by atoms with Crippen LogP contribution in [0.4, 0.5) is 0 Å². The van der Waals surface area contributed by atoms with E-state index in [1.54, 1.807) is 19.0 Å². The molecule has 0 aliphatic carbocycles. The van der Waals surface area contributed by atoms with Crippen molar-refractivity contribution in [1.82, 2.24) is 14.7 Å². The number of likely N-dealkylation sites (N-methyl/N-ethyl adjacent to an activating group) is 1. The molecule has 2 fully saturated rings. The van der Waals surface area contributed by atoms with Gasteiger partial charge in [0.25, 0.3) is 0 Å². The highest BCUT2D eigenvalue weighted by molar-refractivity contribution is 5.89. The van der Waals surface area contributed by atoms with Crippen LogP contribution in [-0.2, 0) is 9.59 Å². The Kier molecular flexibility index (Phi) is 3.85. The van der Waals surface area contributed by atoms with E-state index in [1.807, 2.05) is 4.90 Å². The number of hydrogen-bond donors (Lipinski definition) is 0. The fourth-order valence-corrected chi connectivity index (χ4v) is 3.09. The minimum absolute atomic E-state index is 0.115. The summed E-state index contributed by atoms with van der Waals surface area (Å²) in [6.45, 7) is 7.08.